The molecule has 1 N–H and O–H groups in total. The number of aromatic nitrogens is 1. The molecule has 4 heterocycles. The number of carbonyl (C=O) groups is 2. The summed E-state index contributed by atoms with van der Waals surface area (Å²) in [6.45, 7) is 9.21. The second-order valence-corrected chi connectivity index (χ2v) is 9.82. The van der Waals surface area contributed by atoms with E-state index < -0.39 is 5.54 Å². The van der Waals surface area contributed by atoms with E-state index in [1.54, 1.807) is 17.6 Å². The van der Waals surface area contributed by atoms with Crippen LogP contribution in [-0.2, 0) is 11.2 Å². The van der Waals surface area contributed by atoms with Crippen molar-refractivity contribution in [2.24, 2.45) is 5.92 Å². The highest BCUT2D eigenvalue weighted by Crippen LogP contribution is 2.36. The lowest BCUT2D eigenvalue weighted by molar-refractivity contribution is -0.134. The van der Waals surface area contributed by atoms with Gasteiger partial charge in [-0.2, -0.15) is 0 Å². The van der Waals surface area contributed by atoms with E-state index in [1.165, 1.54) is 10.5 Å². The number of hydrogen-bond acceptors (Lipinski definition) is 6. The van der Waals surface area contributed by atoms with Crippen molar-refractivity contribution in [2.75, 3.05) is 26.2 Å². The van der Waals surface area contributed by atoms with Crippen molar-refractivity contribution < 1.29 is 14.0 Å². The molecule has 0 radical (unpaired) electrons. The minimum atomic E-state index is -0.773. The summed E-state index contributed by atoms with van der Waals surface area (Å²) in [5.74, 6) is 0.972. The number of amides is 3. The van der Waals surface area contributed by atoms with Gasteiger partial charge in [-0.1, -0.05) is 12.5 Å². The van der Waals surface area contributed by atoms with Gasteiger partial charge in [0.25, 0.3) is 5.91 Å². The fourth-order valence-corrected chi connectivity index (χ4v) is 5.80. The third kappa shape index (κ3) is 4.52. The summed E-state index contributed by atoms with van der Waals surface area (Å²) in [7, 11) is 0. The molecule has 0 bridgehead atoms. The molecular weight excluding hydrogens is 424 g/mol. The molecule has 2 aliphatic rings. The minimum Gasteiger partial charge on any atom is -0.465 e. The maximum Gasteiger partial charge on any atom is 0.325 e. The van der Waals surface area contributed by atoms with E-state index in [0.717, 1.165) is 48.8 Å². The Morgan fingerprint density at radius 3 is 2.78 bits per heavy atom. The van der Waals surface area contributed by atoms with Gasteiger partial charge in [0.15, 0.2) is 0 Å². The van der Waals surface area contributed by atoms with E-state index in [-0.39, 0.29) is 17.9 Å². The molecule has 3 amide bonds. The quantitative estimate of drug-likeness (QED) is 0.605. The van der Waals surface area contributed by atoms with Gasteiger partial charge in [0.1, 0.15) is 11.3 Å². The van der Waals surface area contributed by atoms with Crippen LogP contribution in [0.1, 0.15) is 49.4 Å². The van der Waals surface area contributed by atoms with Crippen molar-refractivity contribution >= 4 is 29.4 Å². The maximum atomic E-state index is 13.4. The molecule has 172 valence electrons. The SMILES string of the molecule is CCC1(C2CCN(CC(C)=Cc3ccco3)CC2)NC(=O)N(CCc2scnc2C)C1=O. The van der Waals surface area contributed by atoms with Gasteiger partial charge in [-0.05, 0) is 70.3 Å². The molecule has 0 saturated carbocycles. The van der Waals surface area contributed by atoms with Crippen LogP contribution in [0, 0.1) is 12.8 Å². The van der Waals surface area contributed by atoms with Crippen LogP contribution >= 0.6 is 11.3 Å². The first-order valence-corrected chi connectivity index (χ1v) is 12.3. The first-order chi connectivity index (χ1) is 15.4. The molecule has 2 aliphatic heterocycles. The van der Waals surface area contributed by atoms with Gasteiger partial charge >= 0.3 is 6.03 Å². The fourth-order valence-electron chi connectivity index (χ4n) is 5.03. The Morgan fingerprint density at radius 2 is 2.16 bits per heavy atom. The number of hydrogen-bond donors (Lipinski definition) is 1. The number of nitrogens with zero attached hydrogens (tertiary/aromatic N) is 3. The van der Waals surface area contributed by atoms with E-state index >= 15 is 0 Å². The lowest BCUT2D eigenvalue weighted by Gasteiger charge is -2.40. The van der Waals surface area contributed by atoms with Crippen LogP contribution in [0.2, 0.25) is 0 Å². The van der Waals surface area contributed by atoms with Crippen molar-refractivity contribution in [3.05, 3.63) is 45.8 Å². The number of aryl methyl sites for hydroxylation is 1. The standard InChI is InChI=1S/C24H32N4O3S/c1-4-24(22(29)28(23(30)26-24)12-9-21-18(3)25-16-32-21)19-7-10-27(11-8-19)15-17(2)14-20-6-5-13-31-20/h5-6,13-14,16,19H,4,7-12,15H2,1-3H3,(H,26,30). The average molecular weight is 457 g/mol. The smallest absolute Gasteiger partial charge is 0.325 e. The molecule has 1 atom stereocenters. The monoisotopic (exact) mass is 456 g/mol. The van der Waals surface area contributed by atoms with Crippen molar-refractivity contribution in [2.45, 2.75) is 52.0 Å². The van der Waals surface area contributed by atoms with Crippen LogP contribution in [0.15, 0.2) is 33.9 Å². The normalized spacial score (nSPS) is 23.2. The molecule has 2 aromatic rings. The van der Waals surface area contributed by atoms with Crippen LogP contribution in [0.3, 0.4) is 0 Å². The summed E-state index contributed by atoms with van der Waals surface area (Å²) in [5.41, 5.74) is 3.27. The largest absolute Gasteiger partial charge is 0.465 e. The van der Waals surface area contributed by atoms with Gasteiger partial charge in [-0.3, -0.25) is 14.6 Å². The van der Waals surface area contributed by atoms with Crippen LogP contribution in [-0.4, -0.2) is 58.4 Å². The lowest BCUT2D eigenvalue weighted by atomic mass is 9.75. The van der Waals surface area contributed by atoms with Crippen molar-refractivity contribution in [3.63, 3.8) is 0 Å². The molecule has 0 aromatic carbocycles. The number of imide groups is 1. The highest BCUT2D eigenvalue weighted by atomic mass is 32.1. The second-order valence-electron chi connectivity index (χ2n) is 8.88. The zero-order chi connectivity index (χ0) is 22.7. The number of furan rings is 1. The van der Waals surface area contributed by atoms with E-state index in [0.29, 0.717) is 19.4 Å². The molecule has 8 heteroatoms. The molecule has 0 spiro atoms. The molecule has 2 saturated heterocycles. The van der Waals surface area contributed by atoms with E-state index in [1.807, 2.05) is 31.5 Å². The Morgan fingerprint density at radius 1 is 1.38 bits per heavy atom. The number of piperidine rings is 1. The van der Waals surface area contributed by atoms with Crippen LogP contribution in [0.4, 0.5) is 4.79 Å². The number of urea groups is 1. The number of carbonyl (C=O) groups excluding carboxylic acids is 2. The van der Waals surface area contributed by atoms with Crippen LogP contribution < -0.4 is 5.32 Å². The van der Waals surface area contributed by atoms with Gasteiger partial charge in [-0.15, -0.1) is 11.3 Å². The minimum absolute atomic E-state index is 0.0560. The lowest BCUT2D eigenvalue weighted by Crippen LogP contribution is -2.55. The number of nitrogens with one attached hydrogen (secondary N) is 1. The summed E-state index contributed by atoms with van der Waals surface area (Å²) in [4.78, 5) is 35.4. The third-order valence-electron chi connectivity index (χ3n) is 6.86. The molecule has 2 aromatic heterocycles. The second kappa shape index (κ2) is 9.58. The molecule has 0 aliphatic carbocycles. The summed E-state index contributed by atoms with van der Waals surface area (Å²) in [5, 5.41) is 3.10. The fraction of sp³-hybridized carbons (Fsp3) is 0.542. The average Bonchev–Trinajstić information content (AvgIpc) is 3.49. The van der Waals surface area contributed by atoms with Gasteiger partial charge in [0.05, 0.1) is 17.5 Å². The Balaban J connectivity index is 1.36. The molecule has 4 rings (SSSR count). The predicted octanol–water partition coefficient (Wildman–Crippen LogP) is 4.10. The topological polar surface area (TPSA) is 78.7 Å². The van der Waals surface area contributed by atoms with Crippen molar-refractivity contribution in [1.29, 1.82) is 0 Å². The molecular formula is C24H32N4O3S. The van der Waals surface area contributed by atoms with Gasteiger partial charge < -0.3 is 9.73 Å². The maximum absolute atomic E-state index is 13.4. The summed E-state index contributed by atoms with van der Waals surface area (Å²) in [6, 6.07) is 3.60. The third-order valence-corrected chi connectivity index (χ3v) is 7.85. The van der Waals surface area contributed by atoms with Gasteiger partial charge in [0.2, 0.25) is 0 Å². The summed E-state index contributed by atoms with van der Waals surface area (Å²) >= 11 is 1.58. The molecule has 32 heavy (non-hydrogen) atoms. The molecule has 7 nitrogen and oxygen atoms in total. The number of thiazole rings is 1. The first kappa shape index (κ1) is 22.7. The zero-order valence-electron chi connectivity index (χ0n) is 19.1. The summed E-state index contributed by atoms with van der Waals surface area (Å²) in [6.07, 6.45) is 6.84. The Kier molecular flexibility index (Phi) is 6.81. The van der Waals surface area contributed by atoms with E-state index in [2.05, 4.69) is 28.2 Å². The van der Waals surface area contributed by atoms with E-state index in [4.69, 9.17) is 4.42 Å². The van der Waals surface area contributed by atoms with Gasteiger partial charge in [0, 0.05) is 24.4 Å². The predicted molar refractivity (Wildman–Crippen MR) is 125 cm³/mol. The van der Waals surface area contributed by atoms with Crippen LogP contribution in [0.5, 0.6) is 0 Å². The Hall–Kier alpha value is -2.45. The summed E-state index contributed by atoms with van der Waals surface area (Å²) < 4.78 is 5.41. The Bertz CT molecular complexity index is 975. The molecule has 1 unspecified atom stereocenters. The van der Waals surface area contributed by atoms with Gasteiger partial charge in [-0.25, -0.2) is 9.78 Å². The zero-order valence-corrected chi connectivity index (χ0v) is 19.9. The first-order valence-electron chi connectivity index (χ1n) is 11.4. The van der Waals surface area contributed by atoms with Crippen molar-refractivity contribution in [3.8, 4) is 0 Å². The van der Waals surface area contributed by atoms with Crippen molar-refractivity contribution in [1.82, 2.24) is 20.1 Å². The number of likely N-dealkylation sites (tertiary alicyclic amines) is 1. The van der Waals surface area contributed by atoms with Crippen LogP contribution in [0.25, 0.3) is 6.08 Å². The molecule has 2 fully saturated rings. The highest BCUT2D eigenvalue weighted by Gasteiger charge is 2.54. The number of rotatable bonds is 8. The van der Waals surface area contributed by atoms with E-state index in [9.17, 15) is 9.59 Å². The Labute approximate surface area is 193 Å². The highest BCUT2D eigenvalue weighted by molar-refractivity contribution is 7.09.